The van der Waals surface area contributed by atoms with Crippen LogP contribution in [0.15, 0.2) is 78.9 Å². The van der Waals surface area contributed by atoms with Crippen molar-refractivity contribution in [2.24, 2.45) is 0 Å². The number of hydrogen-bond acceptors (Lipinski definition) is 5. The van der Waals surface area contributed by atoms with Gasteiger partial charge in [-0.3, -0.25) is 14.9 Å². The zero-order chi connectivity index (χ0) is 24.6. The number of carbonyl (C=O) groups is 2. The lowest BCUT2D eigenvalue weighted by molar-refractivity contribution is -0.121. The van der Waals surface area contributed by atoms with Crippen LogP contribution in [0, 0.1) is 5.82 Å². The average Bonchev–Trinajstić information content (AvgIpc) is 2.88. The predicted molar refractivity (Wildman–Crippen MR) is 137 cm³/mol. The molecule has 3 aromatic rings. The quantitative estimate of drug-likeness (QED) is 0.512. The summed E-state index contributed by atoms with van der Waals surface area (Å²) in [4.78, 5) is 28.5. The average molecular weight is 493 g/mol. The van der Waals surface area contributed by atoms with Gasteiger partial charge in [-0.15, -0.1) is 0 Å². The zero-order valence-electron chi connectivity index (χ0n) is 18.9. The van der Waals surface area contributed by atoms with E-state index in [1.807, 2.05) is 42.5 Å². The van der Waals surface area contributed by atoms with Gasteiger partial charge in [0.15, 0.2) is 11.7 Å². The molecule has 1 fully saturated rings. The van der Waals surface area contributed by atoms with Crippen molar-refractivity contribution in [3.8, 4) is 5.75 Å². The van der Waals surface area contributed by atoms with Crippen molar-refractivity contribution in [1.82, 2.24) is 10.2 Å². The molecule has 0 bridgehead atoms. The Morgan fingerprint density at radius 3 is 2.23 bits per heavy atom. The SMILES string of the molecule is O=C(COc1ccccc1)NC(=S)Nc1ccc(N2CCN(C(=O)c3ccccc3F)CC2)cc1. The minimum atomic E-state index is -0.499. The number of hydrogen-bond donors (Lipinski definition) is 2. The van der Waals surface area contributed by atoms with Crippen LogP contribution >= 0.6 is 12.2 Å². The smallest absolute Gasteiger partial charge is 0.264 e. The van der Waals surface area contributed by atoms with Crippen molar-refractivity contribution in [2.45, 2.75) is 0 Å². The van der Waals surface area contributed by atoms with E-state index < -0.39 is 5.82 Å². The van der Waals surface area contributed by atoms with Crippen LogP contribution < -0.4 is 20.3 Å². The molecule has 0 spiro atoms. The second kappa shape index (κ2) is 11.4. The summed E-state index contributed by atoms with van der Waals surface area (Å²) in [5.41, 5.74) is 1.84. The summed E-state index contributed by atoms with van der Waals surface area (Å²) in [7, 11) is 0. The van der Waals surface area contributed by atoms with Crippen LogP contribution in [0.5, 0.6) is 5.75 Å². The van der Waals surface area contributed by atoms with Gasteiger partial charge in [-0.05, 0) is 60.7 Å². The van der Waals surface area contributed by atoms with E-state index in [2.05, 4.69) is 15.5 Å². The van der Waals surface area contributed by atoms with Crippen LogP contribution in [-0.4, -0.2) is 54.6 Å². The molecule has 7 nitrogen and oxygen atoms in total. The summed E-state index contributed by atoms with van der Waals surface area (Å²) in [5.74, 6) is -0.534. The molecule has 1 aliphatic heterocycles. The molecular formula is C26H25FN4O3S. The van der Waals surface area contributed by atoms with Crippen LogP contribution in [0.3, 0.4) is 0 Å². The van der Waals surface area contributed by atoms with Crippen molar-refractivity contribution in [2.75, 3.05) is 43.0 Å². The van der Waals surface area contributed by atoms with E-state index in [0.717, 1.165) is 11.4 Å². The predicted octanol–water partition coefficient (Wildman–Crippen LogP) is 3.68. The maximum Gasteiger partial charge on any atom is 0.264 e. The maximum absolute atomic E-state index is 13.9. The minimum absolute atomic E-state index is 0.103. The van der Waals surface area contributed by atoms with E-state index in [1.54, 1.807) is 29.2 Å². The van der Waals surface area contributed by atoms with Crippen LogP contribution in [0.1, 0.15) is 10.4 Å². The van der Waals surface area contributed by atoms with Crippen LogP contribution in [0.2, 0.25) is 0 Å². The van der Waals surface area contributed by atoms with Gasteiger partial charge in [-0.1, -0.05) is 30.3 Å². The Bertz CT molecular complexity index is 1180. The normalized spacial score (nSPS) is 13.2. The van der Waals surface area contributed by atoms with E-state index >= 15 is 0 Å². The number of carbonyl (C=O) groups excluding carboxylic acids is 2. The van der Waals surface area contributed by atoms with Crippen molar-refractivity contribution in [3.05, 3.63) is 90.2 Å². The number of halogens is 1. The third kappa shape index (κ3) is 6.54. The summed E-state index contributed by atoms with van der Waals surface area (Å²) in [6.07, 6.45) is 0. The summed E-state index contributed by atoms with van der Waals surface area (Å²) < 4.78 is 19.3. The number of piperazine rings is 1. The van der Waals surface area contributed by atoms with Crippen molar-refractivity contribution in [3.63, 3.8) is 0 Å². The molecule has 1 heterocycles. The topological polar surface area (TPSA) is 73.9 Å². The summed E-state index contributed by atoms with van der Waals surface area (Å²) in [6, 6.07) is 22.7. The van der Waals surface area contributed by atoms with Gasteiger partial charge in [-0.2, -0.15) is 0 Å². The summed E-state index contributed by atoms with van der Waals surface area (Å²) >= 11 is 5.21. The molecule has 2 amide bonds. The van der Waals surface area contributed by atoms with Crippen molar-refractivity contribution >= 4 is 40.5 Å². The molecule has 0 atom stereocenters. The highest BCUT2D eigenvalue weighted by Gasteiger charge is 2.24. The molecule has 4 rings (SSSR count). The number of amides is 2. The van der Waals surface area contributed by atoms with Gasteiger partial charge in [0.2, 0.25) is 0 Å². The van der Waals surface area contributed by atoms with E-state index in [-0.39, 0.29) is 29.1 Å². The van der Waals surface area contributed by atoms with Crippen molar-refractivity contribution < 1.29 is 18.7 Å². The van der Waals surface area contributed by atoms with Crippen LogP contribution in [0.4, 0.5) is 15.8 Å². The Labute approximate surface area is 208 Å². The zero-order valence-corrected chi connectivity index (χ0v) is 19.8. The molecular weight excluding hydrogens is 467 g/mol. The van der Waals surface area contributed by atoms with Gasteiger partial charge >= 0.3 is 0 Å². The molecule has 35 heavy (non-hydrogen) atoms. The maximum atomic E-state index is 13.9. The van der Waals surface area contributed by atoms with Crippen molar-refractivity contribution in [1.29, 1.82) is 0 Å². The van der Waals surface area contributed by atoms with E-state index in [0.29, 0.717) is 31.9 Å². The first-order valence-corrected chi connectivity index (χ1v) is 11.6. The standard InChI is InChI=1S/C26H25FN4O3S/c27-23-9-5-4-8-22(23)25(33)31-16-14-30(15-17-31)20-12-10-19(11-13-20)28-26(35)29-24(32)18-34-21-6-2-1-3-7-21/h1-13H,14-18H2,(H2,28,29,32,35). The second-order valence-corrected chi connectivity index (χ2v) is 8.32. The summed E-state index contributed by atoms with van der Waals surface area (Å²) in [5, 5.41) is 5.76. The minimum Gasteiger partial charge on any atom is -0.484 e. The monoisotopic (exact) mass is 492 g/mol. The number of thiocarbonyl (C=S) groups is 1. The Morgan fingerprint density at radius 1 is 0.886 bits per heavy atom. The van der Waals surface area contributed by atoms with E-state index in [9.17, 15) is 14.0 Å². The lowest BCUT2D eigenvalue weighted by Gasteiger charge is -2.36. The van der Waals surface area contributed by atoms with Crippen LogP contribution in [0.25, 0.3) is 0 Å². The number of nitrogens with zero attached hydrogens (tertiary/aromatic N) is 2. The van der Waals surface area contributed by atoms with E-state index in [1.165, 1.54) is 12.1 Å². The Hall–Kier alpha value is -3.98. The molecule has 0 aromatic heterocycles. The fourth-order valence-electron chi connectivity index (χ4n) is 3.72. The van der Waals surface area contributed by atoms with Gasteiger partial charge in [0, 0.05) is 37.6 Å². The third-order valence-electron chi connectivity index (χ3n) is 5.53. The molecule has 1 saturated heterocycles. The number of rotatable bonds is 6. The molecule has 0 aliphatic carbocycles. The van der Waals surface area contributed by atoms with Gasteiger partial charge < -0.3 is 19.9 Å². The van der Waals surface area contributed by atoms with Gasteiger partial charge in [0.25, 0.3) is 11.8 Å². The number of nitrogens with one attached hydrogen (secondary N) is 2. The molecule has 0 radical (unpaired) electrons. The van der Waals surface area contributed by atoms with Gasteiger partial charge in [0.1, 0.15) is 11.6 Å². The highest BCUT2D eigenvalue weighted by atomic mass is 32.1. The first-order valence-electron chi connectivity index (χ1n) is 11.2. The number of benzene rings is 3. The third-order valence-corrected chi connectivity index (χ3v) is 5.73. The lowest BCUT2D eigenvalue weighted by Crippen LogP contribution is -2.49. The molecule has 180 valence electrons. The second-order valence-electron chi connectivity index (χ2n) is 7.91. The molecule has 3 aromatic carbocycles. The van der Waals surface area contributed by atoms with Crippen LogP contribution in [-0.2, 0) is 4.79 Å². The Balaban J connectivity index is 1.23. The largest absolute Gasteiger partial charge is 0.484 e. The Kier molecular flexibility index (Phi) is 7.89. The fraction of sp³-hybridized carbons (Fsp3) is 0.192. The molecule has 9 heteroatoms. The highest BCUT2D eigenvalue weighted by molar-refractivity contribution is 7.80. The molecule has 0 unspecified atom stereocenters. The van der Waals surface area contributed by atoms with E-state index in [4.69, 9.17) is 17.0 Å². The molecule has 0 saturated carbocycles. The lowest BCUT2D eigenvalue weighted by atomic mass is 10.1. The molecule has 2 N–H and O–H groups in total. The number of anilines is 2. The van der Waals surface area contributed by atoms with Gasteiger partial charge in [0.05, 0.1) is 5.56 Å². The molecule has 1 aliphatic rings. The Morgan fingerprint density at radius 2 is 1.54 bits per heavy atom. The number of para-hydroxylation sites is 1. The highest BCUT2D eigenvalue weighted by Crippen LogP contribution is 2.21. The van der Waals surface area contributed by atoms with Gasteiger partial charge in [-0.25, -0.2) is 4.39 Å². The number of ether oxygens (including phenoxy) is 1. The summed E-state index contributed by atoms with van der Waals surface area (Å²) in [6.45, 7) is 2.16. The first kappa shape index (κ1) is 24.2. The fourth-order valence-corrected chi connectivity index (χ4v) is 3.95. The first-order chi connectivity index (χ1) is 17.0.